The SMILES string of the molecule is CCCNC(=NC)NC[C@H]1CCCN1CC(C)C. The lowest BCUT2D eigenvalue weighted by Crippen LogP contribution is -2.45. The van der Waals surface area contributed by atoms with Crippen molar-refractivity contribution in [1.29, 1.82) is 0 Å². The average molecular weight is 254 g/mol. The number of nitrogens with zero attached hydrogens (tertiary/aromatic N) is 2. The fraction of sp³-hybridized carbons (Fsp3) is 0.929. The molecule has 1 atom stereocenters. The molecule has 1 rings (SSSR count). The second-order valence-corrected chi connectivity index (χ2v) is 5.56. The highest BCUT2D eigenvalue weighted by Crippen LogP contribution is 2.17. The lowest BCUT2D eigenvalue weighted by Gasteiger charge is -2.26. The van der Waals surface area contributed by atoms with Crippen molar-refractivity contribution in [3.05, 3.63) is 0 Å². The third-order valence-electron chi connectivity index (χ3n) is 3.37. The van der Waals surface area contributed by atoms with Crippen LogP contribution < -0.4 is 10.6 Å². The molecule has 1 aliphatic heterocycles. The maximum Gasteiger partial charge on any atom is 0.191 e. The Hall–Kier alpha value is -0.770. The van der Waals surface area contributed by atoms with Gasteiger partial charge in [0, 0.05) is 32.7 Å². The zero-order chi connectivity index (χ0) is 13.4. The molecule has 18 heavy (non-hydrogen) atoms. The second-order valence-electron chi connectivity index (χ2n) is 5.56. The highest BCUT2D eigenvalue weighted by molar-refractivity contribution is 5.79. The standard InChI is InChI=1S/C14H30N4/c1-5-8-16-14(15-4)17-10-13-7-6-9-18(13)11-12(2)3/h12-13H,5-11H2,1-4H3,(H2,15,16,17)/t13-/m1/s1. The van der Waals surface area contributed by atoms with Gasteiger partial charge in [0.1, 0.15) is 0 Å². The van der Waals surface area contributed by atoms with Gasteiger partial charge in [-0.1, -0.05) is 20.8 Å². The van der Waals surface area contributed by atoms with Crippen LogP contribution >= 0.6 is 0 Å². The second kappa shape index (κ2) is 8.35. The molecule has 1 aliphatic rings. The summed E-state index contributed by atoms with van der Waals surface area (Å²) in [7, 11) is 1.84. The summed E-state index contributed by atoms with van der Waals surface area (Å²) in [5, 5.41) is 6.77. The lowest BCUT2D eigenvalue weighted by molar-refractivity contribution is 0.226. The van der Waals surface area contributed by atoms with E-state index in [1.807, 2.05) is 7.05 Å². The van der Waals surface area contributed by atoms with E-state index in [2.05, 4.69) is 41.3 Å². The summed E-state index contributed by atoms with van der Waals surface area (Å²) in [6.45, 7) is 11.2. The van der Waals surface area contributed by atoms with Gasteiger partial charge in [-0.25, -0.2) is 0 Å². The van der Waals surface area contributed by atoms with Crippen LogP contribution in [-0.4, -0.2) is 50.1 Å². The van der Waals surface area contributed by atoms with Gasteiger partial charge in [0.05, 0.1) is 0 Å². The van der Waals surface area contributed by atoms with Crippen molar-refractivity contribution in [2.45, 2.75) is 46.1 Å². The molecule has 0 aliphatic carbocycles. The fourth-order valence-electron chi connectivity index (χ4n) is 2.51. The van der Waals surface area contributed by atoms with Gasteiger partial charge >= 0.3 is 0 Å². The number of likely N-dealkylation sites (tertiary alicyclic amines) is 1. The van der Waals surface area contributed by atoms with Crippen molar-refractivity contribution < 1.29 is 0 Å². The first-order valence-corrected chi connectivity index (χ1v) is 7.36. The van der Waals surface area contributed by atoms with Crippen molar-refractivity contribution >= 4 is 5.96 Å². The van der Waals surface area contributed by atoms with Gasteiger partial charge in [-0.15, -0.1) is 0 Å². The molecule has 0 radical (unpaired) electrons. The average Bonchev–Trinajstić information content (AvgIpc) is 2.76. The van der Waals surface area contributed by atoms with Gasteiger partial charge in [-0.3, -0.25) is 9.89 Å². The normalized spacial score (nSPS) is 21.6. The molecule has 106 valence electrons. The van der Waals surface area contributed by atoms with Gasteiger partial charge < -0.3 is 10.6 Å². The number of nitrogens with one attached hydrogen (secondary N) is 2. The molecule has 0 aromatic heterocycles. The summed E-state index contributed by atoms with van der Waals surface area (Å²) in [5.74, 6) is 1.69. The van der Waals surface area contributed by atoms with Crippen LogP contribution in [0.3, 0.4) is 0 Å². The van der Waals surface area contributed by atoms with Gasteiger partial charge in [0.2, 0.25) is 0 Å². The van der Waals surface area contributed by atoms with Crippen LogP contribution in [0.2, 0.25) is 0 Å². The van der Waals surface area contributed by atoms with E-state index in [0.29, 0.717) is 6.04 Å². The predicted molar refractivity (Wildman–Crippen MR) is 79.1 cm³/mol. The Morgan fingerprint density at radius 3 is 2.78 bits per heavy atom. The molecule has 4 heteroatoms. The molecule has 4 nitrogen and oxygen atoms in total. The molecular weight excluding hydrogens is 224 g/mol. The Bertz CT molecular complexity index is 250. The number of hydrogen-bond acceptors (Lipinski definition) is 2. The third kappa shape index (κ3) is 5.25. The summed E-state index contributed by atoms with van der Waals surface area (Å²) < 4.78 is 0. The van der Waals surface area contributed by atoms with Crippen LogP contribution in [0.4, 0.5) is 0 Å². The maximum atomic E-state index is 4.25. The molecule has 1 heterocycles. The Morgan fingerprint density at radius 1 is 1.39 bits per heavy atom. The Morgan fingerprint density at radius 2 is 2.17 bits per heavy atom. The van der Waals surface area contributed by atoms with E-state index < -0.39 is 0 Å². The first kappa shape index (κ1) is 15.3. The Kier molecular flexibility index (Phi) is 7.09. The van der Waals surface area contributed by atoms with E-state index in [1.54, 1.807) is 0 Å². The quantitative estimate of drug-likeness (QED) is 0.560. The molecule has 1 fully saturated rings. The van der Waals surface area contributed by atoms with Crippen LogP contribution in [0.1, 0.15) is 40.0 Å². The van der Waals surface area contributed by atoms with E-state index in [-0.39, 0.29) is 0 Å². The summed E-state index contributed by atoms with van der Waals surface area (Å²) in [6.07, 6.45) is 3.77. The zero-order valence-electron chi connectivity index (χ0n) is 12.5. The zero-order valence-corrected chi connectivity index (χ0v) is 12.5. The van der Waals surface area contributed by atoms with Crippen molar-refractivity contribution in [1.82, 2.24) is 15.5 Å². The monoisotopic (exact) mass is 254 g/mol. The molecule has 0 bridgehead atoms. The van der Waals surface area contributed by atoms with Gasteiger partial charge in [-0.2, -0.15) is 0 Å². The van der Waals surface area contributed by atoms with E-state index in [1.165, 1.54) is 25.9 Å². The van der Waals surface area contributed by atoms with Crippen molar-refractivity contribution in [2.75, 3.05) is 33.2 Å². The molecule has 2 N–H and O–H groups in total. The lowest BCUT2D eigenvalue weighted by atomic mass is 10.1. The van der Waals surface area contributed by atoms with Crippen LogP contribution in [-0.2, 0) is 0 Å². The van der Waals surface area contributed by atoms with Crippen LogP contribution in [0, 0.1) is 5.92 Å². The molecule has 1 saturated heterocycles. The number of rotatable bonds is 6. The number of hydrogen-bond donors (Lipinski definition) is 2. The number of aliphatic imine (C=N–C) groups is 1. The molecule has 0 unspecified atom stereocenters. The molecule has 0 aromatic rings. The van der Waals surface area contributed by atoms with E-state index in [0.717, 1.165) is 31.4 Å². The smallest absolute Gasteiger partial charge is 0.191 e. The molecule has 0 spiro atoms. The summed E-state index contributed by atoms with van der Waals surface area (Å²) in [4.78, 5) is 6.86. The van der Waals surface area contributed by atoms with E-state index in [9.17, 15) is 0 Å². The summed E-state index contributed by atoms with van der Waals surface area (Å²) >= 11 is 0. The topological polar surface area (TPSA) is 39.7 Å². The van der Waals surface area contributed by atoms with Crippen molar-refractivity contribution in [3.8, 4) is 0 Å². The predicted octanol–water partition coefficient (Wildman–Crippen LogP) is 1.68. The highest BCUT2D eigenvalue weighted by atomic mass is 15.2. The largest absolute Gasteiger partial charge is 0.356 e. The molecule has 0 saturated carbocycles. The van der Waals surface area contributed by atoms with E-state index >= 15 is 0 Å². The first-order chi connectivity index (χ1) is 8.67. The minimum Gasteiger partial charge on any atom is -0.356 e. The molecular formula is C14H30N4. The minimum atomic E-state index is 0.674. The first-order valence-electron chi connectivity index (χ1n) is 7.36. The molecule has 0 amide bonds. The maximum absolute atomic E-state index is 4.25. The van der Waals surface area contributed by atoms with Gasteiger partial charge in [0.25, 0.3) is 0 Å². The minimum absolute atomic E-state index is 0.674. The van der Waals surface area contributed by atoms with Crippen LogP contribution in [0.15, 0.2) is 4.99 Å². The Labute approximate surface area is 112 Å². The number of guanidine groups is 1. The van der Waals surface area contributed by atoms with Crippen LogP contribution in [0.5, 0.6) is 0 Å². The van der Waals surface area contributed by atoms with Crippen molar-refractivity contribution in [3.63, 3.8) is 0 Å². The molecule has 0 aromatic carbocycles. The summed E-state index contributed by atoms with van der Waals surface area (Å²) in [5.41, 5.74) is 0. The van der Waals surface area contributed by atoms with Crippen molar-refractivity contribution in [2.24, 2.45) is 10.9 Å². The fourth-order valence-corrected chi connectivity index (χ4v) is 2.51. The van der Waals surface area contributed by atoms with E-state index in [4.69, 9.17) is 0 Å². The Balaban J connectivity index is 2.32. The third-order valence-corrected chi connectivity index (χ3v) is 3.37. The van der Waals surface area contributed by atoms with Crippen LogP contribution in [0.25, 0.3) is 0 Å². The van der Waals surface area contributed by atoms with Gasteiger partial charge in [0.15, 0.2) is 5.96 Å². The summed E-state index contributed by atoms with van der Waals surface area (Å²) in [6, 6.07) is 0.674. The van der Waals surface area contributed by atoms with Gasteiger partial charge in [-0.05, 0) is 31.7 Å². The highest BCUT2D eigenvalue weighted by Gasteiger charge is 2.24.